The van der Waals surface area contributed by atoms with Crippen molar-refractivity contribution in [2.24, 2.45) is 0 Å². The molecule has 1 atom stereocenters. The van der Waals surface area contributed by atoms with Gasteiger partial charge in [-0.1, -0.05) is 0 Å². The van der Waals surface area contributed by atoms with Crippen LogP contribution in [0.4, 0.5) is 20.7 Å². The normalized spacial score (nSPS) is 17.4. The maximum Gasteiger partial charge on any atom is 0.412 e. The van der Waals surface area contributed by atoms with Gasteiger partial charge in [-0.05, 0) is 55.5 Å². The number of amides is 1. The van der Waals surface area contributed by atoms with Gasteiger partial charge < -0.3 is 20.1 Å². The molecule has 166 valence electrons. The molecule has 1 aromatic carbocycles. The third kappa shape index (κ3) is 4.03. The SMILES string of the molecule is Cc1c(-c2cc3cc(NC(=O)OC[C@@H]4CCCN4)ncc3cc2F)cnc2c1NCCO2. The summed E-state index contributed by atoms with van der Waals surface area (Å²) in [6, 6.07) is 5.08. The Labute approximate surface area is 184 Å². The summed E-state index contributed by atoms with van der Waals surface area (Å²) in [6.45, 7) is 4.40. The average Bonchev–Trinajstić information content (AvgIpc) is 3.32. The highest BCUT2D eigenvalue weighted by Gasteiger charge is 2.20. The van der Waals surface area contributed by atoms with E-state index in [1.54, 1.807) is 18.3 Å². The molecule has 0 unspecified atom stereocenters. The van der Waals surface area contributed by atoms with Crippen molar-refractivity contribution in [2.45, 2.75) is 25.8 Å². The lowest BCUT2D eigenvalue weighted by molar-refractivity contribution is 0.151. The number of pyridine rings is 2. The summed E-state index contributed by atoms with van der Waals surface area (Å²) < 4.78 is 25.8. The fraction of sp³-hybridized carbons (Fsp3) is 0.348. The highest BCUT2D eigenvalue weighted by molar-refractivity contribution is 5.92. The van der Waals surface area contributed by atoms with Gasteiger partial charge in [0.25, 0.3) is 0 Å². The molecule has 0 spiro atoms. The Hall–Kier alpha value is -3.46. The van der Waals surface area contributed by atoms with Crippen LogP contribution in [0.5, 0.6) is 5.88 Å². The van der Waals surface area contributed by atoms with E-state index in [-0.39, 0.29) is 11.9 Å². The highest BCUT2D eigenvalue weighted by Crippen LogP contribution is 2.37. The summed E-state index contributed by atoms with van der Waals surface area (Å²) in [6.07, 6.45) is 4.68. The number of carbonyl (C=O) groups excluding carboxylic acids is 1. The molecule has 3 aromatic rings. The topological polar surface area (TPSA) is 97.4 Å². The number of halogens is 1. The van der Waals surface area contributed by atoms with Gasteiger partial charge >= 0.3 is 6.09 Å². The first-order valence-corrected chi connectivity index (χ1v) is 10.7. The van der Waals surface area contributed by atoms with E-state index < -0.39 is 6.09 Å². The molecule has 0 aliphatic carbocycles. The lowest BCUT2D eigenvalue weighted by atomic mass is 9.98. The van der Waals surface area contributed by atoms with Crippen molar-refractivity contribution in [3.8, 4) is 17.0 Å². The molecule has 1 amide bonds. The lowest BCUT2D eigenvalue weighted by Crippen LogP contribution is -2.29. The van der Waals surface area contributed by atoms with Crippen LogP contribution >= 0.6 is 0 Å². The van der Waals surface area contributed by atoms with Crippen LogP contribution in [-0.2, 0) is 4.74 Å². The number of rotatable bonds is 4. The van der Waals surface area contributed by atoms with Gasteiger partial charge in [-0.15, -0.1) is 0 Å². The van der Waals surface area contributed by atoms with Gasteiger partial charge in [0, 0.05) is 41.5 Å². The van der Waals surface area contributed by atoms with E-state index >= 15 is 0 Å². The minimum Gasteiger partial charge on any atom is -0.474 e. The van der Waals surface area contributed by atoms with Crippen LogP contribution in [-0.4, -0.2) is 48.4 Å². The number of aromatic nitrogens is 2. The lowest BCUT2D eigenvalue weighted by Gasteiger charge is -2.21. The summed E-state index contributed by atoms with van der Waals surface area (Å²) >= 11 is 0. The Kier molecular flexibility index (Phi) is 5.48. The van der Waals surface area contributed by atoms with Crippen molar-refractivity contribution in [2.75, 3.05) is 36.9 Å². The van der Waals surface area contributed by atoms with Gasteiger partial charge in [-0.25, -0.2) is 19.2 Å². The minimum absolute atomic E-state index is 0.198. The molecule has 0 saturated carbocycles. The van der Waals surface area contributed by atoms with Crippen LogP contribution in [0.2, 0.25) is 0 Å². The molecular weight excluding hydrogens is 413 g/mol. The number of anilines is 2. The van der Waals surface area contributed by atoms with Gasteiger partial charge in [-0.2, -0.15) is 0 Å². The van der Waals surface area contributed by atoms with Gasteiger partial charge in [0.05, 0.1) is 0 Å². The summed E-state index contributed by atoms with van der Waals surface area (Å²) in [4.78, 5) is 20.7. The number of hydrogen-bond donors (Lipinski definition) is 3. The molecule has 5 rings (SSSR count). The Morgan fingerprint density at radius 1 is 1.22 bits per heavy atom. The Morgan fingerprint density at radius 2 is 2.12 bits per heavy atom. The van der Waals surface area contributed by atoms with Gasteiger partial charge in [0.2, 0.25) is 5.88 Å². The van der Waals surface area contributed by atoms with Crippen LogP contribution in [0, 0.1) is 12.7 Å². The van der Waals surface area contributed by atoms with Crippen LogP contribution in [0.1, 0.15) is 18.4 Å². The summed E-state index contributed by atoms with van der Waals surface area (Å²) in [7, 11) is 0. The number of ether oxygens (including phenoxy) is 2. The Balaban J connectivity index is 1.40. The highest BCUT2D eigenvalue weighted by atomic mass is 19.1. The standard InChI is InChI=1S/C23H24FN5O3/c1-13-18(11-28-22-21(13)26-5-6-31-22)17-7-14-9-20(27-10-15(14)8-19(17)24)29-23(30)32-12-16-3-2-4-25-16/h7-11,16,25-26H,2-6,12H2,1H3,(H,27,29,30)/t16-/m0/s1. The molecule has 1 fully saturated rings. The zero-order valence-electron chi connectivity index (χ0n) is 17.7. The fourth-order valence-electron chi connectivity index (χ4n) is 4.15. The molecular formula is C23H24FN5O3. The van der Waals surface area contributed by atoms with E-state index in [1.807, 2.05) is 6.92 Å². The van der Waals surface area contributed by atoms with E-state index in [0.717, 1.165) is 36.0 Å². The zero-order valence-corrected chi connectivity index (χ0v) is 17.7. The predicted octanol–water partition coefficient (Wildman–Crippen LogP) is 3.85. The van der Waals surface area contributed by atoms with E-state index in [2.05, 4.69) is 25.9 Å². The first kappa shape index (κ1) is 20.4. The third-order valence-electron chi connectivity index (χ3n) is 5.85. The molecule has 3 N–H and O–H groups in total. The number of hydrogen-bond acceptors (Lipinski definition) is 7. The van der Waals surface area contributed by atoms with Crippen molar-refractivity contribution in [1.82, 2.24) is 15.3 Å². The zero-order chi connectivity index (χ0) is 22.1. The first-order valence-electron chi connectivity index (χ1n) is 10.7. The Bertz CT molecular complexity index is 1180. The number of nitrogens with zero attached hydrogens (tertiary/aromatic N) is 2. The quantitative estimate of drug-likeness (QED) is 0.570. The second-order valence-corrected chi connectivity index (χ2v) is 8.02. The second-order valence-electron chi connectivity index (χ2n) is 8.02. The van der Waals surface area contributed by atoms with Crippen molar-refractivity contribution >= 4 is 28.4 Å². The minimum atomic E-state index is -0.561. The maximum absolute atomic E-state index is 15.0. The molecule has 0 bridgehead atoms. The average molecular weight is 437 g/mol. The first-order chi connectivity index (χ1) is 15.6. The number of fused-ring (bicyclic) bond motifs is 2. The van der Waals surface area contributed by atoms with Gasteiger partial charge in [-0.3, -0.25) is 5.32 Å². The summed E-state index contributed by atoms with van der Waals surface area (Å²) in [5, 5.41) is 10.6. The molecule has 2 aliphatic rings. The van der Waals surface area contributed by atoms with Crippen LogP contribution < -0.4 is 20.7 Å². The van der Waals surface area contributed by atoms with Crippen molar-refractivity contribution in [3.63, 3.8) is 0 Å². The van der Waals surface area contributed by atoms with Crippen molar-refractivity contribution < 1.29 is 18.7 Å². The van der Waals surface area contributed by atoms with E-state index in [4.69, 9.17) is 9.47 Å². The predicted molar refractivity (Wildman–Crippen MR) is 120 cm³/mol. The molecule has 0 radical (unpaired) electrons. The van der Waals surface area contributed by atoms with E-state index in [1.165, 1.54) is 12.3 Å². The number of nitrogens with one attached hydrogen (secondary N) is 3. The van der Waals surface area contributed by atoms with E-state index in [0.29, 0.717) is 48.0 Å². The summed E-state index contributed by atoms with van der Waals surface area (Å²) in [5.41, 5.74) is 2.75. The second kappa shape index (κ2) is 8.58. The smallest absolute Gasteiger partial charge is 0.412 e. The van der Waals surface area contributed by atoms with Crippen LogP contribution in [0.3, 0.4) is 0 Å². The van der Waals surface area contributed by atoms with Gasteiger partial charge in [0.1, 0.15) is 30.5 Å². The van der Waals surface area contributed by atoms with Crippen LogP contribution in [0.25, 0.3) is 21.9 Å². The summed E-state index contributed by atoms with van der Waals surface area (Å²) in [5.74, 6) is 0.501. The molecule has 4 heterocycles. The molecule has 8 nitrogen and oxygen atoms in total. The van der Waals surface area contributed by atoms with E-state index in [9.17, 15) is 9.18 Å². The molecule has 1 saturated heterocycles. The van der Waals surface area contributed by atoms with Crippen molar-refractivity contribution in [3.05, 3.63) is 42.0 Å². The molecule has 2 aromatic heterocycles. The number of carbonyl (C=O) groups is 1. The Morgan fingerprint density at radius 3 is 2.97 bits per heavy atom. The maximum atomic E-state index is 15.0. The fourth-order valence-corrected chi connectivity index (χ4v) is 4.15. The largest absolute Gasteiger partial charge is 0.474 e. The molecule has 9 heteroatoms. The van der Waals surface area contributed by atoms with Gasteiger partial charge in [0.15, 0.2) is 0 Å². The molecule has 2 aliphatic heterocycles. The monoisotopic (exact) mass is 437 g/mol. The third-order valence-corrected chi connectivity index (χ3v) is 5.85. The number of benzene rings is 1. The van der Waals surface area contributed by atoms with Crippen LogP contribution in [0.15, 0.2) is 30.6 Å². The van der Waals surface area contributed by atoms with Crippen molar-refractivity contribution in [1.29, 1.82) is 0 Å². The molecule has 32 heavy (non-hydrogen) atoms.